The highest BCUT2D eigenvalue weighted by atomic mass is 16.6. The topological polar surface area (TPSA) is 38.7 Å². The quantitative estimate of drug-likeness (QED) is 0.446. The molecule has 0 bridgehead atoms. The Hall–Kier alpha value is -0.120. The van der Waals surface area contributed by atoms with E-state index in [0.29, 0.717) is 13.0 Å². The van der Waals surface area contributed by atoms with Crippen LogP contribution in [0.2, 0.25) is 0 Å². The molecular formula is C7H16O3. The Balaban J connectivity index is 2.89. The fourth-order valence-electron chi connectivity index (χ4n) is 0.548. The van der Waals surface area contributed by atoms with Gasteiger partial charge in [0.25, 0.3) is 0 Å². The minimum absolute atomic E-state index is 0.552. The maximum Gasteiger partial charge on any atom is 0.156 e. The Morgan fingerprint density at radius 3 is 2.60 bits per heavy atom. The summed E-state index contributed by atoms with van der Waals surface area (Å²) in [6.07, 6.45) is 0.899. The van der Waals surface area contributed by atoms with Crippen molar-refractivity contribution in [2.24, 2.45) is 0 Å². The van der Waals surface area contributed by atoms with Gasteiger partial charge in [-0.05, 0) is 6.42 Å². The van der Waals surface area contributed by atoms with Crippen LogP contribution in [0.5, 0.6) is 0 Å². The van der Waals surface area contributed by atoms with E-state index in [1.54, 1.807) is 0 Å². The van der Waals surface area contributed by atoms with E-state index in [1.807, 2.05) is 6.92 Å². The van der Waals surface area contributed by atoms with Crippen LogP contribution in [0.15, 0.2) is 0 Å². The Bertz CT molecular complexity index is 65.9. The van der Waals surface area contributed by atoms with E-state index < -0.39 is 6.29 Å². The van der Waals surface area contributed by atoms with Gasteiger partial charge >= 0.3 is 0 Å². The van der Waals surface area contributed by atoms with Crippen LogP contribution in [0, 0.1) is 0 Å². The second-order valence-electron chi connectivity index (χ2n) is 2.09. The molecule has 0 saturated carbocycles. The predicted octanol–water partition coefficient (Wildman–Crippen LogP) is 0.768. The predicted molar refractivity (Wildman–Crippen MR) is 38.7 cm³/mol. The highest BCUT2D eigenvalue weighted by molar-refractivity contribution is 4.38. The molecule has 0 fully saturated rings. The maximum absolute atomic E-state index is 8.86. The van der Waals surface area contributed by atoms with Gasteiger partial charge in [0, 0.05) is 20.1 Å². The lowest BCUT2D eigenvalue weighted by molar-refractivity contribution is -0.0899. The standard InChI is InChI=1S/C7H16O3/c1-3-5-10-6-4-7(8)9-2/h7-8H,3-6H2,1-2H3. The van der Waals surface area contributed by atoms with Gasteiger partial charge in [-0.2, -0.15) is 0 Å². The third-order valence-electron chi connectivity index (χ3n) is 1.13. The molecule has 0 spiro atoms. The largest absolute Gasteiger partial charge is 0.381 e. The number of rotatable bonds is 6. The van der Waals surface area contributed by atoms with Gasteiger partial charge < -0.3 is 14.6 Å². The molecule has 62 valence electrons. The molecule has 0 amide bonds. The van der Waals surface area contributed by atoms with Gasteiger partial charge in [-0.3, -0.25) is 0 Å². The lowest BCUT2D eigenvalue weighted by Crippen LogP contribution is -2.12. The van der Waals surface area contributed by atoms with Gasteiger partial charge in [-0.25, -0.2) is 0 Å². The molecule has 0 aliphatic carbocycles. The van der Waals surface area contributed by atoms with E-state index in [-0.39, 0.29) is 0 Å². The molecule has 3 heteroatoms. The smallest absolute Gasteiger partial charge is 0.156 e. The van der Waals surface area contributed by atoms with E-state index in [9.17, 15) is 0 Å². The molecule has 1 atom stereocenters. The minimum atomic E-state index is -0.670. The van der Waals surface area contributed by atoms with Crippen molar-refractivity contribution in [1.29, 1.82) is 0 Å². The van der Waals surface area contributed by atoms with Crippen molar-refractivity contribution in [2.45, 2.75) is 26.1 Å². The summed E-state index contributed by atoms with van der Waals surface area (Å²) in [6, 6.07) is 0. The third-order valence-corrected chi connectivity index (χ3v) is 1.13. The van der Waals surface area contributed by atoms with Crippen LogP contribution in [0.4, 0.5) is 0 Å². The first-order chi connectivity index (χ1) is 4.81. The Labute approximate surface area is 62.0 Å². The molecule has 1 N–H and O–H groups in total. The van der Waals surface area contributed by atoms with Crippen LogP contribution in [0.1, 0.15) is 19.8 Å². The van der Waals surface area contributed by atoms with Gasteiger partial charge in [-0.15, -0.1) is 0 Å². The van der Waals surface area contributed by atoms with Crippen molar-refractivity contribution < 1.29 is 14.6 Å². The molecule has 0 rings (SSSR count). The normalized spacial score (nSPS) is 13.5. The maximum atomic E-state index is 8.86. The van der Waals surface area contributed by atoms with E-state index in [4.69, 9.17) is 9.84 Å². The van der Waals surface area contributed by atoms with Crippen LogP contribution in [-0.4, -0.2) is 31.7 Å². The molecular weight excluding hydrogens is 132 g/mol. The minimum Gasteiger partial charge on any atom is -0.381 e. The highest BCUT2D eigenvalue weighted by Gasteiger charge is 1.98. The average Bonchev–Trinajstić information content (AvgIpc) is 1.98. The molecule has 0 aliphatic heterocycles. The molecule has 3 nitrogen and oxygen atoms in total. The highest BCUT2D eigenvalue weighted by Crippen LogP contribution is 1.92. The van der Waals surface area contributed by atoms with Crippen LogP contribution >= 0.6 is 0 Å². The molecule has 0 saturated heterocycles. The molecule has 0 radical (unpaired) electrons. The van der Waals surface area contributed by atoms with Gasteiger partial charge in [0.05, 0.1) is 6.61 Å². The zero-order valence-corrected chi connectivity index (χ0v) is 6.67. The zero-order valence-electron chi connectivity index (χ0n) is 6.67. The van der Waals surface area contributed by atoms with Gasteiger partial charge in [-0.1, -0.05) is 6.92 Å². The number of hydrogen-bond donors (Lipinski definition) is 1. The SMILES string of the molecule is CCCOCCC(O)OC. The van der Waals surface area contributed by atoms with Crippen molar-refractivity contribution in [3.05, 3.63) is 0 Å². The molecule has 10 heavy (non-hydrogen) atoms. The van der Waals surface area contributed by atoms with Crippen molar-refractivity contribution >= 4 is 0 Å². The lowest BCUT2D eigenvalue weighted by Gasteiger charge is -2.07. The molecule has 0 aromatic carbocycles. The van der Waals surface area contributed by atoms with Gasteiger partial charge in [0.2, 0.25) is 0 Å². The molecule has 1 unspecified atom stereocenters. The lowest BCUT2D eigenvalue weighted by atomic mass is 10.4. The first kappa shape index (κ1) is 9.88. The van der Waals surface area contributed by atoms with Crippen LogP contribution in [0.25, 0.3) is 0 Å². The summed E-state index contributed by atoms with van der Waals surface area (Å²) < 4.78 is 9.72. The number of hydrogen-bond acceptors (Lipinski definition) is 3. The van der Waals surface area contributed by atoms with Crippen LogP contribution in [0.3, 0.4) is 0 Å². The molecule has 0 aromatic heterocycles. The number of aliphatic hydroxyl groups excluding tert-OH is 1. The summed E-state index contributed by atoms with van der Waals surface area (Å²) in [6.45, 7) is 3.38. The second kappa shape index (κ2) is 6.99. The van der Waals surface area contributed by atoms with Gasteiger partial charge in [0.1, 0.15) is 0 Å². The van der Waals surface area contributed by atoms with Crippen molar-refractivity contribution in [1.82, 2.24) is 0 Å². The van der Waals surface area contributed by atoms with Crippen LogP contribution in [-0.2, 0) is 9.47 Å². The summed E-state index contributed by atoms with van der Waals surface area (Å²) >= 11 is 0. The zero-order chi connectivity index (χ0) is 7.82. The number of methoxy groups -OCH3 is 1. The fraction of sp³-hybridized carbons (Fsp3) is 1.00. The summed E-state index contributed by atoms with van der Waals surface area (Å²) in [4.78, 5) is 0. The monoisotopic (exact) mass is 148 g/mol. The van der Waals surface area contributed by atoms with E-state index >= 15 is 0 Å². The first-order valence-electron chi connectivity index (χ1n) is 3.59. The second-order valence-corrected chi connectivity index (χ2v) is 2.09. The van der Waals surface area contributed by atoms with Crippen LogP contribution < -0.4 is 0 Å². The molecule has 0 aliphatic rings. The average molecular weight is 148 g/mol. The van der Waals surface area contributed by atoms with E-state index in [2.05, 4.69) is 4.74 Å². The molecule has 0 heterocycles. The van der Waals surface area contributed by atoms with E-state index in [0.717, 1.165) is 13.0 Å². The summed E-state index contributed by atoms with van der Waals surface area (Å²) in [7, 11) is 1.48. The number of aliphatic hydroxyl groups is 1. The van der Waals surface area contributed by atoms with Crippen molar-refractivity contribution in [3.8, 4) is 0 Å². The molecule has 0 aromatic rings. The Kier molecular flexibility index (Phi) is 6.91. The van der Waals surface area contributed by atoms with Gasteiger partial charge in [0.15, 0.2) is 6.29 Å². The van der Waals surface area contributed by atoms with E-state index in [1.165, 1.54) is 7.11 Å². The summed E-state index contributed by atoms with van der Waals surface area (Å²) in [5, 5.41) is 8.86. The summed E-state index contributed by atoms with van der Waals surface area (Å²) in [5.41, 5.74) is 0. The Morgan fingerprint density at radius 1 is 1.40 bits per heavy atom. The fourth-order valence-corrected chi connectivity index (χ4v) is 0.548. The Morgan fingerprint density at radius 2 is 2.10 bits per heavy atom. The first-order valence-corrected chi connectivity index (χ1v) is 3.59. The third kappa shape index (κ3) is 6.01. The van der Waals surface area contributed by atoms with Crippen molar-refractivity contribution in [2.75, 3.05) is 20.3 Å². The van der Waals surface area contributed by atoms with Crippen molar-refractivity contribution in [3.63, 3.8) is 0 Å². The number of ether oxygens (including phenoxy) is 2. The summed E-state index contributed by atoms with van der Waals surface area (Å²) in [5.74, 6) is 0.